The lowest BCUT2D eigenvalue weighted by Crippen LogP contribution is -2.41. The van der Waals surface area contributed by atoms with Crippen molar-refractivity contribution < 1.29 is 21.2 Å². The van der Waals surface area contributed by atoms with Crippen molar-refractivity contribution >= 4 is 10.5 Å². The van der Waals surface area contributed by atoms with Gasteiger partial charge in [0.15, 0.2) is 5.60 Å². The first-order valence-corrected chi connectivity index (χ1v) is 10.1. The van der Waals surface area contributed by atoms with Gasteiger partial charge in [0.05, 0.1) is 0 Å². The SMILES string of the molecule is C#CC12CCC3C4CCc5cc(OS(=O)(=O)F)ccc5C4CCC31O2. The van der Waals surface area contributed by atoms with Crippen molar-refractivity contribution in [3.05, 3.63) is 29.3 Å². The molecule has 0 N–H and O–H groups in total. The van der Waals surface area contributed by atoms with Crippen LogP contribution < -0.4 is 4.18 Å². The fraction of sp³-hybridized carbons (Fsp3) is 0.579. The van der Waals surface area contributed by atoms with Gasteiger partial charge in [0.2, 0.25) is 0 Å². The molecule has 1 aromatic rings. The Morgan fingerprint density at radius 1 is 1.28 bits per heavy atom. The quantitative estimate of drug-likeness (QED) is 0.460. The molecule has 2 saturated carbocycles. The van der Waals surface area contributed by atoms with Gasteiger partial charge in [-0.05, 0) is 79.5 Å². The fourth-order valence-corrected chi connectivity index (χ4v) is 6.37. The average Bonchev–Trinajstić information content (AvgIpc) is 3.09. The minimum atomic E-state index is -4.99. The van der Waals surface area contributed by atoms with Crippen LogP contribution >= 0.6 is 0 Å². The summed E-state index contributed by atoms with van der Waals surface area (Å²) in [6, 6.07) is 5.12. The van der Waals surface area contributed by atoms with Crippen LogP contribution in [0.1, 0.15) is 49.1 Å². The Bertz CT molecular complexity index is 904. The predicted octanol–water partition coefficient (Wildman–Crippen LogP) is 3.27. The minimum absolute atomic E-state index is 0.0460. The summed E-state index contributed by atoms with van der Waals surface area (Å²) in [5, 5.41) is 0. The lowest BCUT2D eigenvalue weighted by molar-refractivity contribution is 0.0643. The Kier molecular flexibility index (Phi) is 2.99. The molecule has 3 aliphatic carbocycles. The van der Waals surface area contributed by atoms with Crippen LogP contribution in [0.3, 0.4) is 0 Å². The largest absolute Gasteiger partial charge is 0.488 e. The van der Waals surface area contributed by atoms with Gasteiger partial charge in [-0.3, -0.25) is 0 Å². The van der Waals surface area contributed by atoms with E-state index in [0.717, 1.165) is 44.1 Å². The number of hydrogen-bond donors (Lipinski definition) is 0. The van der Waals surface area contributed by atoms with Crippen molar-refractivity contribution in [2.75, 3.05) is 0 Å². The second-order valence-corrected chi connectivity index (χ2v) is 8.75. The second-order valence-electron chi connectivity index (χ2n) is 7.79. The van der Waals surface area contributed by atoms with E-state index in [4.69, 9.17) is 11.2 Å². The summed E-state index contributed by atoms with van der Waals surface area (Å²) in [7, 11) is -4.99. The Morgan fingerprint density at radius 2 is 2.12 bits per heavy atom. The molecule has 3 fully saturated rings. The number of benzene rings is 1. The van der Waals surface area contributed by atoms with Gasteiger partial charge in [-0.1, -0.05) is 15.9 Å². The Hall–Kier alpha value is -1.58. The molecule has 6 heteroatoms. The Morgan fingerprint density at radius 3 is 2.84 bits per heavy atom. The zero-order chi connectivity index (χ0) is 17.4. The van der Waals surface area contributed by atoms with Crippen LogP contribution in [0.4, 0.5) is 3.89 Å². The number of aryl methyl sites for hydroxylation is 1. The van der Waals surface area contributed by atoms with E-state index < -0.39 is 10.5 Å². The zero-order valence-electron chi connectivity index (χ0n) is 13.7. The summed E-state index contributed by atoms with van der Waals surface area (Å²) in [5.74, 6) is 4.46. The summed E-state index contributed by atoms with van der Waals surface area (Å²) in [5.41, 5.74) is 1.91. The second kappa shape index (κ2) is 4.77. The smallest absolute Gasteiger partial charge is 0.358 e. The summed E-state index contributed by atoms with van der Waals surface area (Å²) < 4.78 is 44.7. The van der Waals surface area contributed by atoms with Crippen LogP contribution in [0.25, 0.3) is 0 Å². The molecule has 5 atom stereocenters. The van der Waals surface area contributed by atoms with E-state index in [0.29, 0.717) is 17.8 Å². The third kappa shape index (κ3) is 2.06. The minimum Gasteiger partial charge on any atom is -0.358 e. The van der Waals surface area contributed by atoms with Crippen molar-refractivity contribution in [3.8, 4) is 18.1 Å². The van der Waals surface area contributed by atoms with Gasteiger partial charge in [-0.15, -0.1) is 6.42 Å². The number of fused-ring (bicyclic) bond motifs is 4. The number of ether oxygens (including phenoxy) is 1. The van der Waals surface area contributed by atoms with Crippen molar-refractivity contribution in [3.63, 3.8) is 0 Å². The van der Waals surface area contributed by atoms with Crippen molar-refractivity contribution in [1.82, 2.24) is 0 Å². The molecule has 0 bridgehead atoms. The van der Waals surface area contributed by atoms with Gasteiger partial charge >= 0.3 is 10.5 Å². The first-order valence-electron chi connectivity index (χ1n) is 8.82. The third-order valence-corrected chi connectivity index (χ3v) is 7.35. The average molecular weight is 362 g/mol. The summed E-state index contributed by atoms with van der Waals surface area (Å²) in [6.07, 6.45) is 11.7. The first kappa shape index (κ1) is 15.7. The number of epoxide rings is 1. The van der Waals surface area contributed by atoms with Gasteiger partial charge in [0.1, 0.15) is 11.4 Å². The molecule has 1 spiro atoms. The highest BCUT2D eigenvalue weighted by atomic mass is 32.3. The maximum atomic E-state index is 12.8. The van der Waals surface area contributed by atoms with E-state index >= 15 is 0 Å². The van der Waals surface area contributed by atoms with Gasteiger partial charge < -0.3 is 8.92 Å². The molecule has 0 radical (unpaired) electrons. The van der Waals surface area contributed by atoms with E-state index in [9.17, 15) is 12.3 Å². The van der Waals surface area contributed by atoms with E-state index in [2.05, 4.69) is 10.1 Å². The van der Waals surface area contributed by atoms with Crippen LogP contribution in [0, 0.1) is 24.2 Å². The molecule has 1 saturated heterocycles. The van der Waals surface area contributed by atoms with Crippen molar-refractivity contribution in [2.45, 2.75) is 55.6 Å². The maximum Gasteiger partial charge on any atom is 0.488 e. The highest BCUT2D eigenvalue weighted by molar-refractivity contribution is 7.81. The lowest BCUT2D eigenvalue weighted by Gasteiger charge is -2.44. The van der Waals surface area contributed by atoms with Crippen molar-refractivity contribution in [2.24, 2.45) is 11.8 Å². The molecule has 0 amide bonds. The number of halogens is 1. The van der Waals surface area contributed by atoms with Gasteiger partial charge in [0.25, 0.3) is 0 Å². The molecule has 4 aliphatic rings. The highest BCUT2D eigenvalue weighted by Crippen LogP contribution is 2.71. The Balaban J connectivity index is 1.45. The van der Waals surface area contributed by atoms with Crippen LogP contribution in [0.15, 0.2) is 18.2 Å². The maximum absolute atomic E-state index is 12.8. The highest BCUT2D eigenvalue weighted by Gasteiger charge is 2.78. The summed E-state index contributed by atoms with van der Waals surface area (Å²) in [6.45, 7) is 0. The van der Waals surface area contributed by atoms with E-state index in [-0.39, 0.29) is 17.0 Å². The Labute approximate surface area is 147 Å². The van der Waals surface area contributed by atoms with E-state index in [1.165, 1.54) is 5.56 Å². The van der Waals surface area contributed by atoms with Gasteiger partial charge in [-0.25, -0.2) is 0 Å². The van der Waals surface area contributed by atoms with Gasteiger partial charge in [0, 0.05) is 0 Å². The fourth-order valence-electron chi connectivity index (χ4n) is 6.04. The molecule has 5 rings (SSSR count). The molecular weight excluding hydrogens is 343 g/mol. The van der Waals surface area contributed by atoms with Crippen molar-refractivity contribution in [1.29, 1.82) is 0 Å². The van der Waals surface area contributed by atoms with Crippen LogP contribution in [0.5, 0.6) is 5.75 Å². The lowest BCUT2D eigenvalue weighted by atomic mass is 9.59. The number of rotatable bonds is 2. The molecule has 132 valence electrons. The number of hydrogen-bond acceptors (Lipinski definition) is 4. The summed E-state index contributed by atoms with van der Waals surface area (Å²) in [4.78, 5) is 0. The molecule has 1 aliphatic heterocycles. The summed E-state index contributed by atoms with van der Waals surface area (Å²) >= 11 is 0. The van der Waals surface area contributed by atoms with Crippen LogP contribution in [-0.4, -0.2) is 19.6 Å². The van der Waals surface area contributed by atoms with E-state index in [1.807, 2.05) is 6.07 Å². The molecule has 1 aromatic carbocycles. The topological polar surface area (TPSA) is 55.9 Å². The molecule has 5 unspecified atom stereocenters. The molecular formula is C19H19FO4S. The molecule has 25 heavy (non-hydrogen) atoms. The molecule has 1 heterocycles. The van der Waals surface area contributed by atoms with E-state index in [1.54, 1.807) is 12.1 Å². The number of terminal acetylenes is 1. The molecule has 0 aromatic heterocycles. The molecule has 4 nitrogen and oxygen atoms in total. The van der Waals surface area contributed by atoms with Crippen LogP contribution in [-0.2, 0) is 21.7 Å². The monoisotopic (exact) mass is 362 g/mol. The normalized spacial score (nSPS) is 40.9. The zero-order valence-corrected chi connectivity index (χ0v) is 14.5. The first-order chi connectivity index (χ1) is 11.9. The standard InChI is InChI=1S/C19H19FO4S/c1-2-18-9-8-17-16-5-3-12-11-13(23-25(20,21)22)4-6-14(12)15(16)7-10-19(17,18)24-18/h1,4,6,11,15-17H,3,5,7-10H2. The van der Waals surface area contributed by atoms with Gasteiger partial charge in [-0.2, -0.15) is 8.42 Å². The predicted molar refractivity (Wildman–Crippen MR) is 89.0 cm³/mol. The third-order valence-electron chi connectivity index (χ3n) is 6.95. The van der Waals surface area contributed by atoms with Crippen LogP contribution in [0.2, 0.25) is 0 Å².